The Morgan fingerprint density at radius 1 is 0.667 bits per heavy atom. The van der Waals surface area contributed by atoms with Crippen LogP contribution >= 0.6 is 27.5 Å². The van der Waals surface area contributed by atoms with Gasteiger partial charge in [0.05, 0.1) is 5.02 Å². The molecule has 0 aliphatic heterocycles. The number of benzene rings is 2. The van der Waals surface area contributed by atoms with Crippen LogP contribution in [0.4, 0.5) is 0 Å². The Labute approximate surface area is 143 Å². The van der Waals surface area contributed by atoms with Crippen molar-refractivity contribution in [2.75, 3.05) is 0 Å². The van der Waals surface area contributed by atoms with Crippen LogP contribution in [-0.4, -0.2) is 47.1 Å². The molecule has 0 spiro atoms. The van der Waals surface area contributed by atoms with Crippen molar-refractivity contribution in [2.24, 2.45) is 0 Å². The molecule has 1 nitrogen and oxygen atoms in total. The van der Waals surface area contributed by atoms with Crippen LogP contribution < -0.4 is 32.8 Å². The van der Waals surface area contributed by atoms with Crippen LogP contribution in [0.2, 0.25) is 5.02 Å². The lowest BCUT2D eigenvalue weighted by molar-refractivity contribution is 0.672. The Hall–Kier alpha value is -0.600. The highest BCUT2D eigenvalue weighted by molar-refractivity contribution is 9.10. The van der Waals surface area contributed by atoms with Crippen LogP contribution in [0.5, 0.6) is 0 Å². The predicted molar refractivity (Wildman–Crippen MR) is 115 cm³/mol. The lowest BCUT2D eigenvalue weighted by Crippen LogP contribution is -2.41. The second-order valence-electron chi connectivity index (χ2n) is 5.89. The molecule has 0 saturated carbocycles. The van der Waals surface area contributed by atoms with E-state index in [4.69, 9.17) is 16.0 Å². The van der Waals surface area contributed by atoms with Gasteiger partial charge in [-0.3, -0.25) is 0 Å². The highest BCUT2D eigenvalue weighted by atomic mass is 79.9. The molecule has 9 heteroatoms. The van der Waals surface area contributed by atoms with E-state index < -0.39 is 0 Å². The molecule has 1 aromatic heterocycles. The molecule has 0 aliphatic carbocycles. The van der Waals surface area contributed by atoms with Gasteiger partial charge in [0.1, 0.15) is 52.7 Å². The maximum atomic E-state index is 6.55. The molecule has 3 rings (SSSR count). The molecular weight excluding hydrogens is 340 g/mol. The van der Waals surface area contributed by atoms with Crippen molar-refractivity contribution in [3.8, 4) is 0 Å². The molecule has 0 radical (unpaired) electrons. The summed E-state index contributed by atoms with van der Waals surface area (Å²) in [6.45, 7) is 0. The minimum atomic E-state index is 0.728. The van der Waals surface area contributed by atoms with E-state index in [1.54, 1.807) is 0 Å². The SMILES string of the molecule is Bc1c(B)c(Br)c2c(oc3c(Cl)c(B)c(B)c(B)c32)c1B. The van der Waals surface area contributed by atoms with E-state index in [2.05, 4.69) is 63.0 Å². The fourth-order valence-electron chi connectivity index (χ4n) is 3.02. The van der Waals surface area contributed by atoms with Crippen molar-refractivity contribution >= 4 is 129 Å². The zero-order valence-electron chi connectivity index (χ0n) is 13.2. The van der Waals surface area contributed by atoms with Gasteiger partial charge >= 0.3 is 0 Å². The molecule has 0 saturated heterocycles. The summed E-state index contributed by atoms with van der Waals surface area (Å²) in [5.41, 5.74) is 9.03. The summed E-state index contributed by atoms with van der Waals surface area (Å²) in [4.78, 5) is 0. The number of hydrogen-bond donors (Lipinski definition) is 0. The van der Waals surface area contributed by atoms with Crippen LogP contribution in [0.1, 0.15) is 0 Å². The summed E-state index contributed by atoms with van der Waals surface area (Å²) < 4.78 is 7.30. The maximum absolute atomic E-state index is 6.55. The molecule has 2 aromatic carbocycles. The van der Waals surface area contributed by atoms with Gasteiger partial charge in [-0.1, -0.05) is 60.3 Å². The highest BCUT2D eigenvalue weighted by Gasteiger charge is 2.21. The summed E-state index contributed by atoms with van der Waals surface area (Å²) in [6, 6.07) is 0. The summed E-state index contributed by atoms with van der Waals surface area (Å²) in [5, 5.41) is 3.01. The molecular formula is C12H12B6BrClO. The van der Waals surface area contributed by atoms with E-state index in [9.17, 15) is 0 Å². The van der Waals surface area contributed by atoms with E-state index in [1.807, 2.05) is 0 Å². The van der Waals surface area contributed by atoms with E-state index in [0.717, 1.165) is 36.9 Å². The van der Waals surface area contributed by atoms with Crippen LogP contribution in [-0.2, 0) is 0 Å². The third kappa shape index (κ3) is 1.91. The third-order valence-corrected chi connectivity index (χ3v) is 6.40. The van der Waals surface area contributed by atoms with Gasteiger partial charge in [-0.25, -0.2) is 0 Å². The molecule has 0 unspecified atom stereocenters. The molecule has 98 valence electrons. The number of fused-ring (bicyclic) bond motifs is 3. The summed E-state index contributed by atoms with van der Waals surface area (Å²) in [6.07, 6.45) is 0. The Balaban J connectivity index is 2.73. The zero-order valence-corrected chi connectivity index (χ0v) is 15.5. The van der Waals surface area contributed by atoms with Crippen LogP contribution in [0.25, 0.3) is 21.9 Å². The minimum Gasteiger partial charge on any atom is -0.455 e. The van der Waals surface area contributed by atoms with Gasteiger partial charge in [-0.15, -0.1) is 0 Å². The maximum Gasteiger partial charge on any atom is 0.152 e. The van der Waals surface area contributed by atoms with Crippen molar-refractivity contribution in [2.45, 2.75) is 0 Å². The lowest BCUT2D eigenvalue weighted by Gasteiger charge is -2.11. The number of furan rings is 1. The smallest absolute Gasteiger partial charge is 0.152 e. The Morgan fingerprint density at radius 2 is 1.24 bits per heavy atom. The highest BCUT2D eigenvalue weighted by Crippen LogP contribution is 2.32. The van der Waals surface area contributed by atoms with Crippen LogP contribution in [0, 0.1) is 0 Å². The summed E-state index contributed by atoms with van der Waals surface area (Å²) >= 11 is 10.3. The van der Waals surface area contributed by atoms with Crippen molar-refractivity contribution < 1.29 is 4.42 Å². The average molecular weight is 352 g/mol. The second-order valence-corrected chi connectivity index (χ2v) is 7.06. The zero-order chi connectivity index (χ0) is 15.6. The Kier molecular flexibility index (Phi) is 3.61. The number of halogens is 2. The van der Waals surface area contributed by atoms with Gasteiger partial charge in [-0.2, -0.15) is 0 Å². The monoisotopic (exact) mass is 352 g/mol. The fraction of sp³-hybridized carbons (Fsp3) is 0. The number of hydrogen-bond acceptors (Lipinski definition) is 1. The van der Waals surface area contributed by atoms with E-state index in [1.165, 1.54) is 27.3 Å². The second kappa shape index (κ2) is 4.96. The Bertz CT molecular complexity index is 861. The first-order chi connectivity index (χ1) is 9.77. The standard InChI is InChI=1S/C12H12B6BrClO/c13-3-1-2-9(19)6(16)5(15)8(18)11(2)21-12(1)10(20)7(17)4(3)14/h13-18H2. The summed E-state index contributed by atoms with van der Waals surface area (Å²) in [7, 11) is 12.7. The number of rotatable bonds is 0. The predicted octanol–water partition coefficient (Wildman–Crippen LogP) is -5.45. The van der Waals surface area contributed by atoms with Crippen molar-refractivity contribution in [1.29, 1.82) is 0 Å². The topological polar surface area (TPSA) is 13.1 Å². The molecule has 0 atom stereocenters. The van der Waals surface area contributed by atoms with Gasteiger partial charge in [0.2, 0.25) is 0 Å². The molecule has 0 N–H and O–H groups in total. The van der Waals surface area contributed by atoms with Gasteiger partial charge < -0.3 is 4.42 Å². The quantitative estimate of drug-likeness (QED) is 0.368. The molecule has 21 heavy (non-hydrogen) atoms. The minimum absolute atomic E-state index is 0.728. The van der Waals surface area contributed by atoms with Crippen molar-refractivity contribution in [3.63, 3.8) is 0 Å². The average Bonchev–Trinajstić information content (AvgIpc) is 2.87. The van der Waals surface area contributed by atoms with Crippen molar-refractivity contribution in [1.82, 2.24) is 0 Å². The molecule has 0 aliphatic rings. The fourth-order valence-corrected chi connectivity index (χ4v) is 3.97. The molecule has 3 aromatic rings. The van der Waals surface area contributed by atoms with Gasteiger partial charge in [0.25, 0.3) is 0 Å². The van der Waals surface area contributed by atoms with Gasteiger partial charge in [0, 0.05) is 15.2 Å². The van der Waals surface area contributed by atoms with E-state index in [0.29, 0.717) is 0 Å². The largest absolute Gasteiger partial charge is 0.455 e. The van der Waals surface area contributed by atoms with Gasteiger partial charge in [0.15, 0.2) is 5.58 Å². The molecule has 0 bridgehead atoms. The molecule has 0 amide bonds. The summed E-state index contributed by atoms with van der Waals surface area (Å²) in [5.74, 6) is 0. The first kappa shape index (κ1) is 15.3. The van der Waals surface area contributed by atoms with Gasteiger partial charge in [-0.05, 0) is 0 Å². The lowest BCUT2D eigenvalue weighted by atomic mass is 9.69. The van der Waals surface area contributed by atoms with Crippen molar-refractivity contribution in [3.05, 3.63) is 9.50 Å². The molecule has 0 fully saturated rings. The molecule has 1 heterocycles. The third-order valence-electron chi connectivity index (χ3n) is 4.95. The first-order valence-electron chi connectivity index (χ1n) is 7.04. The Morgan fingerprint density at radius 3 is 1.86 bits per heavy atom. The normalized spacial score (nSPS) is 11.5. The first-order valence-corrected chi connectivity index (χ1v) is 8.21. The van der Waals surface area contributed by atoms with E-state index in [-0.39, 0.29) is 0 Å². The van der Waals surface area contributed by atoms with Crippen LogP contribution in [0.15, 0.2) is 8.89 Å². The van der Waals surface area contributed by atoms with Crippen LogP contribution in [0.3, 0.4) is 0 Å². The van der Waals surface area contributed by atoms with E-state index >= 15 is 0 Å².